The number of benzene rings is 2. The third-order valence-corrected chi connectivity index (χ3v) is 4.33. The maximum atomic E-state index is 10.5. The molecule has 0 aliphatic carbocycles. The predicted octanol–water partition coefficient (Wildman–Crippen LogP) is 4.65. The van der Waals surface area contributed by atoms with Crippen LogP contribution in [0, 0.1) is 6.92 Å². The highest BCUT2D eigenvalue weighted by Crippen LogP contribution is 2.24. The molecule has 0 spiro atoms. The van der Waals surface area contributed by atoms with Crippen LogP contribution in [-0.4, -0.2) is 21.3 Å². The second-order valence-corrected chi connectivity index (χ2v) is 6.43. The molecule has 3 aromatic rings. The molecule has 0 amide bonds. The molecule has 0 saturated carbocycles. The van der Waals surface area contributed by atoms with E-state index in [1.54, 1.807) is 0 Å². The van der Waals surface area contributed by atoms with E-state index in [-0.39, 0.29) is 0 Å². The first-order valence-electron chi connectivity index (χ1n) is 9.01. The molecule has 25 heavy (non-hydrogen) atoms. The van der Waals surface area contributed by atoms with Crippen LogP contribution in [0.25, 0.3) is 11.0 Å². The van der Waals surface area contributed by atoms with Gasteiger partial charge < -0.3 is 14.4 Å². The number of nitrogens with zero attached hydrogens (tertiary/aromatic N) is 2. The van der Waals surface area contributed by atoms with E-state index in [0.717, 1.165) is 48.4 Å². The number of aryl methyl sites for hydroxylation is 2. The Hall–Kier alpha value is -2.33. The Balaban J connectivity index is 1.70. The van der Waals surface area contributed by atoms with Crippen LogP contribution in [0.1, 0.15) is 43.7 Å². The summed E-state index contributed by atoms with van der Waals surface area (Å²) >= 11 is 0. The van der Waals surface area contributed by atoms with Crippen molar-refractivity contribution in [3.8, 4) is 5.75 Å². The summed E-state index contributed by atoms with van der Waals surface area (Å²) < 4.78 is 7.98. The van der Waals surface area contributed by atoms with Crippen molar-refractivity contribution in [2.75, 3.05) is 6.61 Å². The number of fused-ring (bicyclic) bond motifs is 1. The molecule has 0 unspecified atom stereocenters. The predicted molar refractivity (Wildman–Crippen MR) is 101 cm³/mol. The number of aromatic nitrogens is 2. The summed E-state index contributed by atoms with van der Waals surface area (Å²) in [7, 11) is 0. The van der Waals surface area contributed by atoms with Gasteiger partial charge in [0.05, 0.1) is 17.6 Å². The second-order valence-electron chi connectivity index (χ2n) is 6.43. The molecule has 4 heteroatoms. The molecule has 0 aliphatic rings. The SMILES string of the molecule is CCC[C@H](O)c1nc2ccccc2n1CCCOc1cccc(C)c1. The van der Waals surface area contributed by atoms with E-state index in [1.807, 2.05) is 36.4 Å². The number of aliphatic hydroxyl groups is 1. The van der Waals surface area contributed by atoms with Crippen molar-refractivity contribution < 1.29 is 9.84 Å². The molecule has 4 nitrogen and oxygen atoms in total. The van der Waals surface area contributed by atoms with Crippen molar-refractivity contribution in [1.29, 1.82) is 0 Å². The average molecular weight is 338 g/mol. The first-order valence-corrected chi connectivity index (χ1v) is 9.01. The van der Waals surface area contributed by atoms with Crippen LogP contribution >= 0.6 is 0 Å². The third kappa shape index (κ3) is 4.20. The molecule has 3 rings (SSSR count). The molecule has 1 aromatic heterocycles. The second kappa shape index (κ2) is 8.17. The van der Waals surface area contributed by atoms with Crippen LogP contribution in [-0.2, 0) is 6.54 Å². The Morgan fingerprint density at radius 2 is 2.00 bits per heavy atom. The normalized spacial score (nSPS) is 12.4. The van der Waals surface area contributed by atoms with Crippen molar-refractivity contribution in [2.45, 2.75) is 45.8 Å². The van der Waals surface area contributed by atoms with E-state index in [4.69, 9.17) is 4.74 Å². The molecular formula is C21H26N2O2. The molecule has 1 atom stereocenters. The van der Waals surface area contributed by atoms with Crippen LogP contribution in [0.2, 0.25) is 0 Å². The Morgan fingerprint density at radius 1 is 1.16 bits per heavy atom. The van der Waals surface area contributed by atoms with E-state index in [0.29, 0.717) is 6.61 Å². The van der Waals surface area contributed by atoms with Gasteiger partial charge in [-0.25, -0.2) is 4.98 Å². The number of hydrogen-bond acceptors (Lipinski definition) is 3. The van der Waals surface area contributed by atoms with Gasteiger partial charge in [-0.3, -0.25) is 0 Å². The summed E-state index contributed by atoms with van der Waals surface area (Å²) in [4.78, 5) is 4.65. The van der Waals surface area contributed by atoms with E-state index in [9.17, 15) is 5.11 Å². The molecular weight excluding hydrogens is 312 g/mol. The van der Waals surface area contributed by atoms with Crippen molar-refractivity contribution in [3.05, 3.63) is 59.9 Å². The zero-order chi connectivity index (χ0) is 17.6. The van der Waals surface area contributed by atoms with Gasteiger partial charge >= 0.3 is 0 Å². The van der Waals surface area contributed by atoms with Crippen LogP contribution in [0.5, 0.6) is 5.75 Å². The van der Waals surface area contributed by atoms with Crippen molar-refractivity contribution in [2.24, 2.45) is 0 Å². The smallest absolute Gasteiger partial charge is 0.138 e. The van der Waals surface area contributed by atoms with Gasteiger partial charge in [-0.2, -0.15) is 0 Å². The third-order valence-electron chi connectivity index (χ3n) is 4.33. The summed E-state index contributed by atoms with van der Waals surface area (Å²) in [5, 5.41) is 10.5. The number of aliphatic hydroxyl groups excluding tert-OH is 1. The van der Waals surface area contributed by atoms with Crippen molar-refractivity contribution >= 4 is 11.0 Å². The first kappa shape index (κ1) is 17.5. The fourth-order valence-corrected chi connectivity index (χ4v) is 3.10. The molecule has 0 bridgehead atoms. The molecule has 132 valence electrons. The number of rotatable bonds is 8. The van der Waals surface area contributed by atoms with E-state index in [1.165, 1.54) is 5.56 Å². The average Bonchev–Trinajstić information content (AvgIpc) is 2.98. The zero-order valence-corrected chi connectivity index (χ0v) is 15.0. The lowest BCUT2D eigenvalue weighted by molar-refractivity contribution is 0.152. The number of ether oxygens (including phenoxy) is 1. The van der Waals surface area contributed by atoms with Crippen molar-refractivity contribution in [1.82, 2.24) is 9.55 Å². The number of para-hydroxylation sites is 2. The zero-order valence-electron chi connectivity index (χ0n) is 15.0. The van der Waals surface area contributed by atoms with Gasteiger partial charge in [0, 0.05) is 6.54 Å². The van der Waals surface area contributed by atoms with Gasteiger partial charge in [-0.15, -0.1) is 0 Å². The minimum Gasteiger partial charge on any atom is -0.494 e. The van der Waals surface area contributed by atoms with Gasteiger partial charge in [0.25, 0.3) is 0 Å². The highest BCUT2D eigenvalue weighted by molar-refractivity contribution is 5.76. The summed E-state index contributed by atoms with van der Waals surface area (Å²) in [5.74, 6) is 1.67. The highest BCUT2D eigenvalue weighted by Gasteiger charge is 2.17. The highest BCUT2D eigenvalue weighted by atomic mass is 16.5. The monoisotopic (exact) mass is 338 g/mol. The van der Waals surface area contributed by atoms with Crippen LogP contribution in [0.3, 0.4) is 0 Å². The fraction of sp³-hybridized carbons (Fsp3) is 0.381. The van der Waals surface area contributed by atoms with Crippen LogP contribution in [0.4, 0.5) is 0 Å². The molecule has 0 saturated heterocycles. The molecule has 0 aliphatic heterocycles. The molecule has 1 N–H and O–H groups in total. The van der Waals surface area contributed by atoms with E-state index in [2.05, 4.69) is 35.5 Å². The van der Waals surface area contributed by atoms with Gasteiger partial charge in [0.15, 0.2) is 0 Å². The lowest BCUT2D eigenvalue weighted by Gasteiger charge is -2.14. The van der Waals surface area contributed by atoms with E-state index >= 15 is 0 Å². The number of hydrogen-bond donors (Lipinski definition) is 1. The first-order chi connectivity index (χ1) is 12.2. The lowest BCUT2D eigenvalue weighted by atomic mass is 10.2. The lowest BCUT2D eigenvalue weighted by Crippen LogP contribution is -2.11. The Labute approximate surface area is 149 Å². The summed E-state index contributed by atoms with van der Waals surface area (Å²) in [6.07, 6.45) is 2.00. The van der Waals surface area contributed by atoms with E-state index < -0.39 is 6.10 Å². The Morgan fingerprint density at radius 3 is 2.80 bits per heavy atom. The Kier molecular flexibility index (Phi) is 5.71. The van der Waals surface area contributed by atoms with Crippen LogP contribution < -0.4 is 4.74 Å². The topological polar surface area (TPSA) is 47.3 Å². The molecule has 0 fully saturated rings. The van der Waals surface area contributed by atoms with Crippen molar-refractivity contribution in [3.63, 3.8) is 0 Å². The maximum Gasteiger partial charge on any atom is 0.138 e. The maximum absolute atomic E-state index is 10.5. The summed E-state index contributed by atoms with van der Waals surface area (Å²) in [6.45, 7) is 5.56. The molecule has 0 radical (unpaired) electrons. The molecule has 1 heterocycles. The summed E-state index contributed by atoms with van der Waals surface area (Å²) in [5.41, 5.74) is 3.21. The summed E-state index contributed by atoms with van der Waals surface area (Å²) in [6, 6.07) is 16.2. The minimum absolute atomic E-state index is 0.518. The quantitative estimate of drug-likeness (QED) is 0.608. The number of imidazole rings is 1. The van der Waals surface area contributed by atoms with Gasteiger partial charge in [-0.1, -0.05) is 37.6 Å². The molecule has 2 aromatic carbocycles. The van der Waals surface area contributed by atoms with Gasteiger partial charge in [0.1, 0.15) is 17.7 Å². The minimum atomic E-state index is -0.518. The van der Waals surface area contributed by atoms with Gasteiger partial charge in [-0.05, 0) is 49.6 Å². The fourth-order valence-electron chi connectivity index (χ4n) is 3.10. The standard InChI is InChI=1S/C21H26N2O2/c1-3-8-20(24)21-22-18-11-4-5-12-19(18)23(21)13-7-14-25-17-10-6-9-16(2)15-17/h4-6,9-12,15,20,24H,3,7-8,13-14H2,1-2H3/t20-/m0/s1. The Bertz CT molecular complexity index is 826. The largest absolute Gasteiger partial charge is 0.494 e. The van der Waals surface area contributed by atoms with Crippen LogP contribution in [0.15, 0.2) is 48.5 Å². The van der Waals surface area contributed by atoms with Gasteiger partial charge in [0.2, 0.25) is 0 Å².